The van der Waals surface area contributed by atoms with Gasteiger partial charge < -0.3 is 10.5 Å². The Kier molecular flexibility index (Phi) is 4.71. The summed E-state index contributed by atoms with van der Waals surface area (Å²) < 4.78 is 17.6. The topological polar surface area (TPSA) is 52.3 Å². The SMILES string of the molecule is COC(=O)CC(CN)c1cc(F)ccc1Cl. The molecular weight excluding hydrogens is 233 g/mol. The number of halogens is 2. The Hall–Kier alpha value is -1.13. The quantitative estimate of drug-likeness (QED) is 0.827. The summed E-state index contributed by atoms with van der Waals surface area (Å²) in [5.41, 5.74) is 6.07. The van der Waals surface area contributed by atoms with E-state index < -0.39 is 11.8 Å². The van der Waals surface area contributed by atoms with Crippen molar-refractivity contribution in [3.63, 3.8) is 0 Å². The van der Waals surface area contributed by atoms with Crippen LogP contribution < -0.4 is 5.73 Å². The number of rotatable bonds is 4. The number of ether oxygens (including phenoxy) is 1. The van der Waals surface area contributed by atoms with Crippen LogP contribution in [0.25, 0.3) is 0 Å². The van der Waals surface area contributed by atoms with Gasteiger partial charge in [-0.05, 0) is 30.3 Å². The molecule has 1 aromatic carbocycles. The van der Waals surface area contributed by atoms with Crippen molar-refractivity contribution >= 4 is 17.6 Å². The minimum atomic E-state index is -0.400. The Morgan fingerprint density at radius 1 is 1.62 bits per heavy atom. The Bertz CT molecular complexity index is 384. The lowest BCUT2D eigenvalue weighted by Crippen LogP contribution is -2.17. The molecule has 1 atom stereocenters. The van der Waals surface area contributed by atoms with Gasteiger partial charge in [0.1, 0.15) is 5.82 Å². The summed E-state index contributed by atoms with van der Waals surface area (Å²) in [4.78, 5) is 11.1. The molecule has 0 aliphatic heterocycles. The molecule has 0 aliphatic carbocycles. The summed E-state index contributed by atoms with van der Waals surface area (Å²) >= 11 is 5.92. The zero-order valence-electron chi connectivity index (χ0n) is 8.87. The second-order valence-electron chi connectivity index (χ2n) is 3.38. The van der Waals surface area contributed by atoms with Crippen molar-refractivity contribution in [2.24, 2.45) is 5.73 Å². The molecule has 1 rings (SSSR count). The van der Waals surface area contributed by atoms with Crippen LogP contribution in [0, 0.1) is 5.82 Å². The molecule has 0 saturated carbocycles. The molecule has 3 nitrogen and oxygen atoms in total. The molecule has 2 N–H and O–H groups in total. The summed E-state index contributed by atoms with van der Waals surface area (Å²) in [6, 6.07) is 4.01. The van der Waals surface area contributed by atoms with E-state index in [1.165, 1.54) is 25.3 Å². The molecule has 0 aromatic heterocycles. The third-order valence-corrected chi connectivity index (χ3v) is 2.67. The first-order chi connectivity index (χ1) is 7.58. The zero-order valence-corrected chi connectivity index (χ0v) is 9.63. The van der Waals surface area contributed by atoms with E-state index in [0.717, 1.165) is 0 Å². The van der Waals surface area contributed by atoms with E-state index >= 15 is 0 Å². The van der Waals surface area contributed by atoms with Gasteiger partial charge in [-0.15, -0.1) is 0 Å². The summed E-state index contributed by atoms with van der Waals surface area (Å²) in [7, 11) is 1.29. The van der Waals surface area contributed by atoms with Crippen LogP contribution in [0.1, 0.15) is 17.9 Å². The predicted octanol–water partition coefficient (Wildman–Crippen LogP) is 2.08. The first-order valence-corrected chi connectivity index (χ1v) is 5.18. The van der Waals surface area contributed by atoms with E-state index in [2.05, 4.69) is 4.74 Å². The Morgan fingerprint density at radius 2 is 2.31 bits per heavy atom. The van der Waals surface area contributed by atoms with Crippen LogP contribution >= 0.6 is 11.6 Å². The number of esters is 1. The summed E-state index contributed by atoms with van der Waals surface area (Å²) in [6.07, 6.45) is 0.0934. The molecule has 5 heteroatoms. The Morgan fingerprint density at radius 3 is 2.88 bits per heavy atom. The summed E-state index contributed by atoms with van der Waals surface area (Å²) in [5.74, 6) is -1.12. The zero-order chi connectivity index (χ0) is 12.1. The summed E-state index contributed by atoms with van der Waals surface area (Å²) in [6.45, 7) is 0.207. The number of hydrogen-bond donors (Lipinski definition) is 1. The monoisotopic (exact) mass is 245 g/mol. The third kappa shape index (κ3) is 3.18. The largest absolute Gasteiger partial charge is 0.469 e. The normalized spacial score (nSPS) is 12.2. The van der Waals surface area contributed by atoms with Gasteiger partial charge in [-0.3, -0.25) is 4.79 Å². The smallest absolute Gasteiger partial charge is 0.306 e. The molecule has 0 bridgehead atoms. The summed E-state index contributed by atoms with van der Waals surface area (Å²) in [5, 5.41) is 0.403. The maximum atomic E-state index is 13.0. The van der Waals surface area contributed by atoms with Crippen molar-refractivity contribution in [3.05, 3.63) is 34.6 Å². The molecular formula is C11H13ClFNO2. The van der Waals surface area contributed by atoms with Gasteiger partial charge in [-0.1, -0.05) is 11.6 Å². The van der Waals surface area contributed by atoms with Gasteiger partial charge in [0.25, 0.3) is 0 Å². The number of benzene rings is 1. The van der Waals surface area contributed by atoms with Crippen LogP contribution in [-0.4, -0.2) is 19.6 Å². The minimum absolute atomic E-state index is 0.0934. The molecule has 0 heterocycles. The molecule has 88 valence electrons. The second kappa shape index (κ2) is 5.82. The number of nitrogens with two attached hydrogens (primary N) is 1. The first-order valence-electron chi connectivity index (χ1n) is 4.80. The fourth-order valence-corrected chi connectivity index (χ4v) is 1.70. The maximum absolute atomic E-state index is 13.0. The van der Waals surface area contributed by atoms with Crippen LogP contribution in [0.2, 0.25) is 5.02 Å². The van der Waals surface area contributed by atoms with Crippen molar-refractivity contribution in [1.82, 2.24) is 0 Å². The molecule has 0 amide bonds. The van der Waals surface area contributed by atoms with E-state index in [-0.39, 0.29) is 18.9 Å². The highest BCUT2D eigenvalue weighted by Gasteiger charge is 2.18. The fraction of sp³-hybridized carbons (Fsp3) is 0.364. The van der Waals surface area contributed by atoms with E-state index in [0.29, 0.717) is 10.6 Å². The molecule has 0 fully saturated rings. The van der Waals surface area contributed by atoms with Crippen molar-refractivity contribution in [2.45, 2.75) is 12.3 Å². The van der Waals surface area contributed by atoms with E-state index in [4.69, 9.17) is 17.3 Å². The van der Waals surface area contributed by atoms with Crippen molar-refractivity contribution in [1.29, 1.82) is 0 Å². The van der Waals surface area contributed by atoms with Gasteiger partial charge >= 0.3 is 5.97 Å². The Labute approximate surface area is 98.3 Å². The number of hydrogen-bond acceptors (Lipinski definition) is 3. The predicted molar refractivity (Wildman–Crippen MR) is 59.8 cm³/mol. The lowest BCUT2D eigenvalue weighted by molar-refractivity contribution is -0.141. The molecule has 0 aliphatic rings. The molecule has 0 saturated heterocycles. The standard InChI is InChI=1S/C11H13ClFNO2/c1-16-11(15)4-7(6-14)9-5-8(13)2-3-10(9)12/h2-3,5,7H,4,6,14H2,1H3. The Balaban J connectivity index is 2.94. The minimum Gasteiger partial charge on any atom is -0.469 e. The lowest BCUT2D eigenvalue weighted by atomic mass is 9.96. The first kappa shape index (κ1) is 12.9. The van der Waals surface area contributed by atoms with E-state index in [1.54, 1.807) is 0 Å². The van der Waals surface area contributed by atoms with E-state index in [9.17, 15) is 9.18 Å². The van der Waals surface area contributed by atoms with Gasteiger partial charge in [0.2, 0.25) is 0 Å². The van der Waals surface area contributed by atoms with Crippen molar-refractivity contribution in [3.8, 4) is 0 Å². The molecule has 1 unspecified atom stereocenters. The molecule has 0 radical (unpaired) electrons. The number of carbonyl (C=O) groups excluding carboxylic acids is 1. The van der Waals surface area contributed by atoms with Crippen LogP contribution in [-0.2, 0) is 9.53 Å². The average Bonchev–Trinajstić information content (AvgIpc) is 2.29. The maximum Gasteiger partial charge on any atom is 0.306 e. The molecule has 0 spiro atoms. The fourth-order valence-electron chi connectivity index (χ4n) is 1.43. The molecule has 1 aromatic rings. The van der Waals surface area contributed by atoms with E-state index in [1.807, 2.05) is 0 Å². The lowest BCUT2D eigenvalue weighted by Gasteiger charge is -2.15. The third-order valence-electron chi connectivity index (χ3n) is 2.32. The highest BCUT2D eigenvalue weighted by molar-refractivity contribution is 6.31. The van der Waals surface area contributed by atoms with Crippen LogP contribution in [0.3, 0.4) is 0 Å². The average molecular weight is 246 g/mol. The van der Waals surface area contributed by atoms with Crippen LogP contribution in [0.5, 0.6) is 0 Å². The van der Waals surface area contributed by atoms with Crippen molar-refractivity contribution < 1.29 is 13.9 Å². The van der Waals surface area contributed by atoms with Crippen molar-refractivity contribution in [2.75, 3.05) is 13.7 Å². The number of methoxy groups -OCH3 is 1. The second-order valence-corrected chi connectivity index (χ2v) is 3.79. The van der Waals surface area contributed by atoms with Gasteiger partial charge in [-0.25, -0.2) is 4.39 Å². The number of carbonyl (C=O) groups is 1. The van der Waals surface area contributed by atoms with Gasteiger partial charge in [0, 0.05) is 10.9 Å². The van der Waals surface area contributed by atoms with Crippen LogP contribution in [0.15, 0.2) is 18.2 Å². The van der Waals surface area contributed by atoms with Crippen LogP contribution in [0.4, 0.5) is 4.39 Å². The highest BCUT2D eigenvalue weighted by atomic mass is 35.5. The van der Waals surface area contributed by atoms with Gasteiger partial charge in [0.15, 0.2) is 0 Å². The molecule has 16 heavy (non-hydrogen) atoms. The van der Waals surface area contributed by atoms with Gasteiger partial charge in [0.05, 0.1) is 13.5 Å². The van der Waals surface area contributed by atoms with Gasteiger partial charge in [-0.2, -0.15) is 0 Å². The highest BCUT2D eigenvalue weighted by Crippen LogP contribution is 2.27.